The van der Waals surface area contributed by atoms with Crippen molar-refractivity contribution in [1.29, 1.82) is 0 Å². The Morgan fingerprint density at radius 1 is 1.21 bits per heavy atom. The first-order valence-electron chi connectivity index (χ1n) is 10.3. The van der Waals surface area contributed by atoms with E-state index in [0.717, 1.165) is 43.9 Å². The van der Waals surface area contributed by atoms with Crippen molar-refractivity contribution < 1.29 is 4.79 Å². The minimum Gasteiger partial charge on any atom is -0.353 e. The number of nitrogens with zero attached hydrogens (tertiary/aromatic N) is 4. The normalized spacial score (nSPS) is 17.7. The topological polar surface area (TPSA) is 80.1 Å². The van der Waals surface area contributed by atoms with Gasteiger partial charge in [0, 0.05) is 25.7 Å². The zero-order chi connectivity index (χ0) is 20.2. The van der Waals surface area contributed by atoms with Crippen molar-refractivity contribution in [3.05, 3.63) is 23.0 Å². The van der Waals surface area contributed by atoms with Gasteiger partial charge in [-0.2, -0.15) is 4.98 Å². The molecule has 0 bridgehead atoms. The van der Waals surface area contributed by atoms with Gasteiger partial charge in [0.05, 0.1) is 5.75 Å². The molecule has 29 heavy (non-hydrogen) atoms. The van der Waals surface area contributed by atoms with Crippen molar-refractivity contribution in [2.45, 2.75) is 62.7 Å². The number of carbonyl (C=O) groups excluding carboxylic acids is 1. The molecule has 1 saturated carbocycles. The summed E-state index contributed by atoms with van der Waals surface area (Å²) in [5, 5.41) is 4.48. The number of nitrogens with one attached hydrogen (secondary N) is 1. The van der Waals surface area contributed by atoms with E-state index in [9.17, 15) is 9.59 Å². The largest absolute Gasteiger partial charge is 0.353 e. The van der Waals surface area contributed by atoms with Gasteiger partial charge in [-0.25, -0.2) is 4.98 Å². The van der Waals surface area contributed by atoms with Crippen LogP contribution in [0.2, 0.25) is 0 Å². The third kappa shape index (κ3) is 4.66. The first-order chi connectivity index (χ1) is 14.2. The molecule has 156 valence electrons. The van der Waals surface area contributed by atoms with Gasteiger partial charge in [0.1, 0.15) is 4.70 Å². The van der Waals surface area contributed by atoms with Crippen LogP contribution in [0.25, 0.3) is 10.3 Å². The van der Waals surface area contributed by atoms with Gasteiger partial charge < -0.3 is 10.2 Å². The summed E-state index contributed by atoms with van der Waals surface area (Å²) in [5.74, 6) is 0.239. The lowest BCUT2D eigenvalue weighted by molar-refractivity contribution is -0.119. The average Bonchev–Trinajstić information content (AvgIpc) is 3.39. The SMILES string of the molecule is C=CCn1c(SCC(=O)NC2CCCC2)nc2nc(N3CCCCC3)sc2c1=O. The molecule has 1 aliphatic carbocycles. The first kappa shape index (κ1) is 20.4. The zero-order valence-electron chi connectivity index (χ0n) is 16.6. The van der Waals surface area contributed by atoms with Gasteiger partial charge in [0.2, 0.25) is 5.91 Å². The minimum atomic E-state index is -0.102. The number of carbonyl (C=O) groups is 1. The molecule has 0 aromatic carbocycles. The van der Waals surface area contributed by atoms with Gasteiger partial charge in [-0.1, -0.05) is 42.0 Å². The number of amides is 1. The van der Waals surface area contributed by atoms with Crippen LogP contribution in [0.15, 0.2) is 22.6 Å². The maximum atomic E-state index is 13.1. The van der Waals surface area contributed by atoms with Gasteiger partial charge in [0.15, 0.2) is 15.9 Å². The average molecular weight is 434 g/mol. The summed E-state index contributed by atoms with van der Waals surface area (Å²) in [7, 11) is 0. The van der Waals surface area contributed by atoms with Gasteiger partial charge >= 0.3 is 0 Å². The summed E-state index contributed by atoms with van der Waals surface area (Å²) in [5.41, 5.74) is 0.383. The molecule has 0 spiro atoms. The molecule has 4 rings (SSSR count). The quantitative estimate of drug-likeness (QED) is 0.410. The molecule has 2 fully saturated rings. The lowest BCUT2D eigenvalue weighted by Gasteiger charge is -2.25. The fraction of sp³-hybridized carbons (Fsp3) is 0.600. The Kier molecular flexibility index (Phi) is 6.54. The molecule has 2 aliphatic rings. The van der Waals surface area contributed by atoms with Crippen molar-refractivity contribution in [3.63, 3.8) is 0 Å². The lowest BCUT2D eigenvalue weighted by Crippen LogP contribution is -2.34. The summed E-state index contributed by atoms with van der Waals surface area (Å²) in [6.45, 7) is 6.08. The highest BCUT2D eigenvalue weighted by Gasteiger charge is 2.21. The highest BCUT2D eigenvalue weighted by atomic mass is 32.2. The van der Waals surface area contributed by atoms with Crippen LogP contribution in [0.5, 0.6) is 0 Å². The number of thiazole rings is 1. The summed E-state index contributed by atoms with van der Waals surface area (Å²) in [6, 6.07) is 0.291. The monoisotopic (exact) mass is 433 g/mol. The summed E-state index contributed by atoms with van der Waals surface area (Å²) in [6.07, 6.45) is 9.71. The highest BCUT2D eigenvalue weighted by molar-refractivity contribution is 7.99. The predicted octanol–water partition coefficient (Wildman–Crippen LogP) is 3.18. The van der Waals surface area contributed by atoms with Crippen molar-refractivity contribution in [1.82, 2.24) is 19.9 Å². The molecular formula is C20H27N5O2S2. The molecule has 1 aliphatic heterocycles. The molecule has 7 nitrogen and oxygen atoms in total. The first-order valence-corrected chi connectivity index (χ1v) is 12.2. The summed E-state index contributed by atoms with van der Waals surface area (Å²) in [4.78, 5) is 36.9. The molecule has 2 aromatic heterocycles. The number of hydrogen-bond acceptors (Lipinski definition) is 7. The fourth-order valence-electron chi connectivity index (χ4n) is 3.97. The molecule has 0 radical (unpaired) electrons. The Bertz CT molecular complexity index is 942. The molecule has 1 saturated heterocycles. The maximum Gasteiger partial charge on any atom is 0.274 e. The van der Waals surface area contributed by atoms with Gasteiger partial charge in [0.25, 0.3) is 5.56 Å². The fourth-order valence-corrected chi connectivity index (χ4v) is 5.78. The minimum absolute atomic E-state index is 0.00585. The van der Waals surface area contributed by atoms with Crippen LogP contribution in [-0.4, -0.2) is 45.3 Å². The molecule has 0 unspecified atom stereocenters. The Morgan fingerprint density at radius 2 is 1.97 bits per heavy atom. The Labute approximate surface area is 178 Å². The smallest absolute Gasteiger partial charge is 0.274 e. The van der Waals surface area contributed by atoms with E-state index in [4.69, 9.17) is 0 Å². The Balaban J connectivity index is 1.56. The number of allylic oxidation sites excluding steroid dienone is 1. The van der Waals surface area contributed by atoms with Crippen molar-refractivity contribution in [2.75, 3.05) is 23.7 Å². The molecule has 1 N–H and O–H groups in total. The van der Waals surface area contributed by atoms with Gasteiger partial charge in [-0.3, -0.25) is 14.2 Å². The van der Waals surface area contributed by atoms with Crippen molar-refractivity contribution in [2.24, 2.45) is 0 Å². The van der Waals surface area contributed by atoms with Crippen LogP contribution in [0.1, 0.15) is 44.9 Å². The number of fused-ring (bicyclic) bond motifs is 1. The van der Waals surface area contributed by atoms with Crippen LogP contribution in [0.4, 0.5) is 5.13 Å². The zero-order valence-corrected chi connectivity index (χ0v) is 18.2. The predicted molar refractivity (Wildman–Crippen MR) is 119 cm³/mol. The maximum absolute atomic E-state index is 13.1. The summed E-state index contributed by atoms with van der Waals surface area (Å²) >= 11 is 2.72. The Morgan fingerprint density at radius 3 is 2.69 bits per heavy atom. The van der Waals surface area contributed by atoms with Gasteiger partial charge in [-0.15, -0.1) is 6.58 Å². The molecular weight excluding hydrogens is 406 g/mol. The molecule has 9 heteroatoms. The number of thioether (sulfide) groups is 1. The van der Waals surface area contributed by atoms with E-state index in [2.05, 4.69) is 26.8 Å². The second-order valence-electron chi connectivity index (χ2n) is 7.63. The molecule has 3 heterocycles. The van der Waals surface area contributed by atoms with Crippen molar-refractivity contribution >= 4 is 44.5 Å². The number of aromatic nitrogens is 3. The third-order valence-corrected chi connectivity index (χ3v) is 7.53. The second-order valence-corrected chi connectivity index (χ2v) is 9.55. The highest BCUT2D eigenvalue weighted by Crippen LogP contribution is 2.29. The molecule has 2 aromatic rings. The Hall–Kier alpha value is -1.87. The third-order valence-electron chi connectivity index (χ3n) is 5.46. The van der Waals surface area contributed by atoms with E-state index < -0.39 is 0 Å². The second kappa shape index (κ2) is 9.30. The van der Waals surface area contributed by atoms with E-state index >= 15 is 0 Å². The number of hydrogen-bond donors (Lipinski definition) is 1. The standard InChI is InChI=1S/C20H27N5O2S2/c1-2-10-25-18(27)16-17(22-19(29-16)24-11-6-3-7-12-24)23-20(25)28-13-15(26)21-14-8-4-5-9-14/h2,14H,1,3-13H2,(H,21,26). The number of rotatable bonds is 7. The molecule has 1 amide bonds. The van der Waals surface area contributed by atoms with Crippen LogP contribution in [0.3, 0.4) is 0 Å². The van der Waals surface area contributed by atoms with Crippen LogP contribution in [-0.2, 0) is 11.3 Å². The van der Waals surface area contributed by atoms with E-state index in [1.165, 1.54) is 42.4 Å². The van der Waals surface area contributed by atoms with E-state index in [0.29, 0.717) is 28.1 Å². The lowest BCUT2D eigenvalue weighted by atomic mass is 10.1. The number of anilines is 1. The van der Waals surface area contributed by atoms with Gasteiger partial charge in [-0.05, 0) is 32.1 Å². The molecule has 0 atom stereocenters. The van der Waals surface area contributed by atoms with Crippen LogP contribution < -0.4 is 15.8 Å². The van der Waals surface area contributed by atoms with Crippen molar-refractivity contribution in [3.8, 4) is 0 Å². The van der Waals surface area contributed by atoms with Crippen LogP contribution in [0, 0.1) is 0 Å². The summed E-state index contributed by atoms with van der Waals surface area (Å²) < 4.78 is 2.17. The van der Waals surface area contributed by atoms with E-state index in [1.54, 1.807) is 10.6 Å². The van der Waals surface area contributed by atoms with E-state index in [1.807, 2.05) is 0 Å². The number of piperidine rings is 1. The van der Waals surface area contributed by atoms with E-state index in [-0.39, 0.29) is 17.2 Å². The van der Waals surface area contributed by atoms with Crippen LogP contribution >= 0.6 is 23.1 Å².